The molecule has 0 saturated heterocycles. The Morgan fingerprint density at radius 2 is 1.83 bits per heavy atom. The fraction of sp³-hybridized carbons (Fsp3) is 0.467. The molecule has 2 amide bonds. The van der Waals surface area contributed by atoms with Crippen molar-refractivity contribution in [3.8, 4) is 0 Å². The summed E-state index contributed by atoms with van der Waals surface area (Å²) in [5.41, 5.74) is 0.0624. The lowest BCUT2D eigenvalue weighted by Crippen LogP contribution is -2.46. The Kier molecular flexibility index (Phi) is 6.06. The molecule has 2 N–H and O–H groups in total. The summed E-state index contributed by atoms with van der Waals surface area (Å²) in [7, 11) is 0. The second kappa shape index (κ2) is 7.57. The molecule has 0 aliphatic carbocycles. The van der Waals surface area contributed by atoms with Crippen molar-refractivity contribution in [1.82, 2.24) is 10.6 Å². The van der Waals surface area contributed by atoms with Crippen molar-refractivity contribution in [2.24, 2.45) is 0 Å². The van der Waals surface area contributed by atoms with Gasteiger partial charge in [0, 0.05) is 18.7 Å². The number of amides is 2. The molecule has 1 aromatic carbocycles. The van der Waals surface area contributed by atoms with Crippen molar-refractivity contribution >= 4 is 17.7 Å². The monoisotopic (exact) mass is 323 g/mol. The lowest BCUT2D eigenvalue weighted by Gasteiger charge is -2.21. The predicted molar refractivity (Wildman–Crippen MR) is 83.8 cm³/mol. The van der Waals surface area contributed by atoms with Gasteiger partial charge in [0.2, 0.25) is 5.91 Å². The van der Waals surface area contributed by atoms with Gasteiger partial charge in [-0.15, -0.1) is 0 Å². The van der Waals surface area contributed by atoms with E-state index in [9.17, 15) is 19.7 Å². The van der Waals surface area contributed by atoms with E-state index in [0.29, 0.717) is 5.56 Å². The van der Waals surface area contributed by atoms with Crippen LogP contribution in [0.1, 0.15) is 33.3 Å². The number of hydrogen-bond donors (Lipinski definition) is 2. The third kappa shape index (κ3) is 6.77. The molecule has 0 spiro atoms. The zero-order valence-corrected chi connectivity index (χ0v) is 13.6. The van der Waals surface area contributed by atoms with Gasteiger partial charge < -0.3 is 15.4 Å². The van der Waals surface area contributed by atoms with Gasteiger partial charge in [-0.2, -0.15) is 0 Å². The minimum atomic E-state index is -0.761. The average Bonchev–Trinajstić information content (AvgIpc) is 2.42. The highest BCUT2D eigenvalue weighted by molar-refractivity contribution is 5.85. The van der Waals surface area contributed by atoms with Crippen LogP contribution in [0.3, 0.4) is 0 Å². The summed E-state index contributed by atoms with van der Waals surface area (Å²) in [4.78, 5) is 33.5. The standard InChI is InChI=1S/C15H21N3O5/c1-10(17-14(20)23-15(2,3)4)13(19)16-9-11-5-7-12(8-6-11)18(21)22/h5-8,10H,9H2,1-4H3,(H,16,19)(H,17,20). The number of nitro benzene ring substituents is 1. The highest BCUT2D eigenvalue weighted by Crippen LogP contribution is 2.11. The number of carbonyl (C=O) groups excluding carboxylic acids is 2. The smallest absolute Gasteiger partial charge is 0.408 e. The van der Waals surface area contributed by atoms with Crippen LogP contribution in [0.2, 0.25) is 0 Å². The first-order valence-electron chi connectivity index (χ1n) is 7.09. The van der Waals surface area contributed by atoms with Gasteiger partial charge >= 0.3 is 6.09 Å². The third-order valence-electron chi connectivity index (χ3n) is 2.74. The molecule has 0 bridgehead atoms. The molecule has 8 nitrogen and oxygen atoms in total. The van der Waals surface area contributed by atoms with Crippen molar-refractivity contribution in [2.75, 3.05) is 0 Å². The number of nitro groups is 1. The van der Waals surface area contributed by atoms with Gasteiger partial charge in [0.05, 0.1) is 4.92 Å². The molecule has 1 rings (SSSR count). The molecule has 1 aromatic rings. The van der Waals surface area contributed by atoms with Gasteiger partial charge in [-0.25, -0.2) is 4.79 Å². The molecular formula is C15H21N3O5. The van der Waals surface area contributed by atoms with Crippen LogP contribution in [0, 0.1) is 10.1 Å². The van der Waals surface area contributed by atoms with Crippen LogP contribution in [0.15, 0.2) is 24.3 Å². The van der Waals surface area contributed by atoms with E-state index >= 15 is 0 Å². The van der Waals surface area contributed by atoms with Gasteiger partial charge in [0.25, 0.3) is 5.69 Å². The van der Waals surface area contributed by atoms with Gasteiger partial charge in [-0.05, 0) is 33.3 Å². The molecule has 0 aromatic heterocycles. The van der Waals surface area contributed by atoms with E-state index in [1.165, 1.54) is 19.1 Å². The number of nitrogens with one attached hydrogen (secondary N) is 2. The highest BCUT2D eigenvalue weighted by atomic mass is 16.6. The molecule has 0 radical (unpaired) electrons. The molecule has 0 heterocycles. The molecule has 1 unspecified atom stereocenters. The van der Waals surface area contributed by atoms with Crippen LogP contribution in [-0.4, -0.2) is 28.6 Å². The number of non-ortho nitro benzene ring substituents is 1. The van der Waals surface area contributed by atoms with Gasteiger partial charge in [0.15, 0.2) is 0 Å². The topological polar surface area (TPSA) is 111 Å². The fourth-order valence-electron chi connectivity index (χ4n) is 1.63. The Morgan fingerprint density at radius 1 is 1.26 bits per heavy atom. The Bertz CT molecular complexity index is 578. The number of alkyl carbamates (subject to hydrolysis) is 1. The van der Waals surface area contributed by atoms with Gasteiger partial charge in [0.1, 0.15) is 11.6 Å². The molecule has 0 aliphatic heterocycles. The normalized spacial score (nSPS) is 12.2. The minimum absolute atomic E-state index is 0.0139. The maximum Gasteiger partial charge on any atom is 0.408 e. The molecular weight excluding hydrogens is 302 g/mol. The summed E-state index contributed by atoms with van der Waals surface area (Å²) < 4.78 is 5.06. The molecule has 0 fully saturated rings. The van der Waals surface area contributed by atoms with Crippen LogP contribution < -0.4 is 10.6 Å². The first-order chi connectivity index (χ1) is 10.6. The van der Waals surface area contributed by atoms with Crippen LogP contribution in [0.5, 0.6) is 0 Å². The maximum atomic E-state index is 11.9. The number of carbonyl (C=O) groups is 2. The summed E-state index contributed by atoms with van der Waals surface area (Å²) >= 11 is 0. The van der Waals surface area contributed by atoms with Crippen LogP contribution in [0.25, 0.3) is 0 Å². The van der Waals surface area contributed by atoms with E-state index in [-0.39, 0.29) is 18.1 Å². The lowest BCUT2D eigenvalue weighted by atomic mass is 10.2. The first kappa shape index (κ1) is 18.4. The Morgan fingerprint density at radius 3 is 2.30 bits per heavy atom. The number of hydrogen-bond acceptors (Lipinski definition) is 5. The summed E-state index contributed by atoms with van der Waals surface area (Å²) in [6, 6.07) is 5.09. The number of rotatable bonds is 5. The molecule has 8 heteroatoms. The summed E-state index contributed by atoms with van der Waals surface area (Å²) in [6.45, 7) is 6.93. The van der Waals surface area contributed by atoms with Gasteiger partial charge in [-0.3, -0.25) is 14.9 Å². The quantitative estimate of drug-likeness (QED) is 0.637. The Labute approximate surface area is 134 Å². The SMILES string of the molecule is CC(NC(=O)OC(C)(C)C)C(=O)NCc1ccc([N+](=O)[O-])cc1. The zero-order valence-electron chi connectivity index (χ0n) is 13.6. The van der Waals surface area contributed by atoms with Crippen LogP contribution >= 0.6 is 0 Å². The average molecular weight is 323 g/mol. The second-order valence-electron chi connectivity index (χ2n) is 6.01. The van der Waals surface area contributed by atoms with E-state index in [1.54, 1.807) is 32.9 Å². The van der Waals surface area contributed by atoms with Gasteiger partial charge in [-0.1, -0.05) is 12.1 Å². The molecule has 23 heavy (non-hydrogen) atoms. The highest BCUT2D eigenvalue weighted by Gasteiger charge is 2.20. The summed E-state index contributed by atoms with van der Waals surface area (Å²) in [5, 5.41) is 15.6. The van der Waals surface area contributed by atoms with Crippen molar-refractivity contribution in [3.63, 3.8) is 0 Å². The van der Waals surface area contributed by atoms with E-state index in [1.807, 2.05) is 0 Å². The maximum absolute atomic E-state index is 11.9. The van der Waals surface area contributed by atoms with E-state index in [4.69, 9.17) is 4.74 Å². The summed E-state index contributed by atoms with van der Waals surface area (Å²) in [6.07, 6.45) is -0.671. The minimum Gasteiger partial charge on any atom is -0.444 e. The van der Waals surface area contributed by atoms with Crippen LogP contribution in [-0.2, 0) is 16.1 Å². The molecule has 0 saturated carbocycles. The lowest BCUT2D eigenvalue weighted by molar-refractivity contribution is -0.384. The predicted octanol–water partition coefficient (Wildman–Crippen LogP) is 2.12. The number of nitrogens with zero attached hydrogens (tertiary/aromatic N) is 1. The van der Waals surface area contributed by atoms with E-state index in [2.05, 4.69) is 10.6 Å². The Hall–Kier alpha value is -2.64. The van der Waals surface area contributed by atoms with E-state index < -0.39 is 22.7 Å². The van der Waals surface area contributed by atoms with Crippen molar-refractivity contribution in [1.29, 1.82) is 0 Å². The van der Waals surface area contributed by atoms with E-state index in [0.717, 1.165) is 0 Å². The fourth-order valence-corrected chi connectivity index (χ4v) is 1.63. The summed E-state index contributed by atoms with van der Waals surface area (Å²) in [5.74, 6) is -0.380. The largest absolute Gasteiger partial charge is 0.444 e. The van der Waals surface area contributed by atoms with Crippen molar-refractivity contribution in [2.45, 2.75) is 45.9 Å². The third-order valence-corrected chi connectivity index (χ3v) is 2.74. The Balaban J connectivity index is 2.46. The number of benzene rings is 1. The number of ether oxygens (including phenoxy) is 1. The molecule has 1 atom stereocenters. The zero-order chi connectivity index (χ0) is 17.6. The van der Waals surface area contributed by atoms with Crippen molar-refractivity contribution in [3.05, 3.63) is 39.9 Å². The second-order valence-corrected chi connectivity index (χ2v) is 6.01. The molecule has 0 aliphatic rings. The molecule has 126 valence electrons. The van der Waals surface area contributed by atoms with Crippen LogP contribution in [0.4, 0.5) is 10.5 Å². The first-order valence-corrected chi connectivity index (χ1v) is 7.09. The van der Waals surface area contributed by atoms with Crippen molar-refractivity contribution < 1.29 is 19.2 Å².